The van der Waals surface area contributed by atoms with Crippen LogP contribution >= 0.6 is 0 Å². The Morgan fingerprint density at radius 1 is 0.760 bits per heavy atom. The third kappa shape index (κ3) is 16.5. The van der Waals surface area contributed by atoms with Crippen molar-refractivity contribution < 1.29 is 165 Å². The van der Waals surface area contributed by atoms with Gasteiger partial charge in [0.15, 0.2) is 0 Å². The molecule has 258 valence electrons. The summed E-state index contributed by atoms with van der Waals surface area (Å²) in [5.74, 6) is 1.16. The van der Waals surface area contributed by atoms with Gasteiger partial charge >= 0.3 is 118 Å². The van der Waals surface area contributed by atoms with Crippen LogP contribution in [0.25, 0.3) is 21.9 Å². The molecule has 0 saturated heterocycles. The van der Waals surface area contributed by atoms with Crippen molar-refractivity contribution in [2.75, 3.05) is 13.2 Å². The maximum absolute atomic E-state index is 11.8. The van der Waals surface area contributed by atoms with E-state index in [1.54, 1.807) is 61.1 Å². The number of aromatic hydroxyl groups is 1. The van der Waals surface area contributed by atoms with Crippen LogP contribution in [0, 0.1) is 0 Å². The van der Waals surface area contributed by atoms with Gasteiger partial charge in [-0.2, -0.15) is 21.6 Å². The van der Waals surface area contributed by atoms with Gasteiger partial charge in [0.25, 0.3) is 6.47 Å². The Morgan fingerprint density at radius 3 is 1.74 bits per heavy atom. The van der Waals surface area contributed by atoms with Gasteiger partial charge in [0.2, 0.25) is 0 Å². The van der Waals surface area contributed by atoms with Crippen LogP contribution in [0.2, 0.25) is 0 Å². The van der Waals surface area contributed by atoms with E-state index >= 15 is 0 Å². The van der Waals surface area contributed by atoms with Gasteiger partial charge in [-0.05, 0) is 66.1 Å². The summed E-state index contributed by atoms with van der Waals surface area (Å²) in [7, 11) is -5.47. The summed E-state index contributed by atoms with van der Waals surface area (Å²) in [5.41, 5.74) is -1.66. The number of fused-ring (bicyclic) bond motifs is 2. The first-order valence-electron chi connectivity index (χ1n) is 14.0. The fourth-order valence-electron chi connectivity index (χ4n) is 3.90. The van der Waals surface area contributed by atoms with Crippen LogP contribution in [-0.2, 0) is 36.8 Å². The van der Waals surface area contributed by atoms with E-state index in [9.17, 15) is 21.6 Å². The van der Waals surface area contributed by atoms with E-state index < -0.39 is 22.2 Å². The number of rotatable bonds is 9. The quantitative estimate of drug-likeness (QED) is 0.0567. The molecule has 0 aliphatic carbocycles. The summed E-state index contributed by atoms with van der Waals surface area (Å²) in [6, 6.07) is 33.5. The van der Waals surface area contributed by atoms with Crippen LogP contribution < -0.4 is 113 Å². The topological polar surface area (TPSA) is 148 Å². The fourth-order valence-corrected chi connectivity index (χ4v) is 4.34. The number of carbonyl (C=O) groups excluding carboxylic acids is 1. The maximum Gasteiger partial charge on any atom is 1.00 e. The Bertz CT molecular complexity index is 1930. The number of hydrogen-bond acceptors (Lipinski definition) is 10. The minimum Gasteiger partial charge on any atom is -1.00 e. The average Bonchev–Trinajstić information content (AvgIpc) is 3.75. The van der Waals surface area contributed by atoms with Crippen molar-refractivity contribution >= 4 is 38.5 Å². The van der Waals surface area contributed by atoms with Gasteiger partial charge in [-0.15, -0.1) is 0 Å². The van der Waals surface area contributed by atoms with Crippen LogP contribution in [0.4, 0.5) is 13.2 Å². The van der Waals surface area contributed by atoms with Crippen LogP contribution in [0.5, 0.6) is 11.5 Å². The zero-order valence-corrected chi connectivity index (χ0v) is 34.2. The Labute approximate surface area is 374 Å². The number of halogens is 3. The summed E-state index contributed by atoms with van der Waals surface area (Å²) in [5, 5.41) is 19.4. The molecule has 6 aromatic rings. The van der Waals surface area contributed by atoms with Gasteiger partial charge in [0.1, 0.15) is 22.7 Å². The molecule has 0 amide bonds. The number of ether oxygens (including phenoxy) is 1. The normalized spacial score (nSPS) is 10.4. The van der Waals surface area contributed by atoms with Crippen LogP contribution in [0.1, 0.15) is 14.0 Å². The molecule has 2 aromatic heterocycles. The minimum absolute atomic E-state index is 0. The molecule has 0 atom stereocenters. The third-order valence-corrected chi connectivity index (χ3v) is 7.20. The summed E-state index contributed by atoms with van der Waals surface area (Å²) in [4.78, 5) is 11.2. The molecule has 2 heterocycles. The number of furan rings is 2. The van der Waals surface area contributed by atoms with Crippen molar-refractivity contribution in [3.8, 4) is 11.5 Å². The standard InChI is InChI=1S/C16H14O2.C9H9F3O3S.C8H6O2.CH2O3.2K.H2.H/c1-2-4-13(5-3-1)8-10-17-15-6-7-16-14(12-15)9-11-18-16;10-9(11,12)16(13,14)15-7-6-8-4-2-1-3-5-8;9-7-1-2-8-6(5-7)3-4-10-8;2-1-4-3;;;;/h1-7,9,11-12H,8,10H2;1-5H,6-7H2;1-5,9H;1,3H;;;1H;/q;;;;2*+1;;-1/p-1. The molecule has 0 spiro atoms. The fraction of sp³-hybridized carbons (Fsp3) is 0.147. The largest absolute Gasteiger partial charge is 1.00 e. The number of hydrogen-bond donors (Lipinski definition) is 1. The van der Waals surface area contributed by atoms with Gasteiger partial charge in [0.05, 0.1) is 25.7 Å². The van der Waals surface area contributed by atoms with E-state index in [0.717, 1.165) is 34.1 Å². The third-order valence-electron chi connectivity index (χ3n) is 6.16. The van der Waals surface area contributed by atoms with E-state index in [0.29, 0.717) is 12.2 Å². The van der Waals surface area contributed by atoms with Crippen molar-refractivity contribution in [2.45, 2.75) is 18.3 Å². The molecular formula is C34H33F3K2O10S. The Hall–Kier alpha value is -2.04. The van der Waals surface area contributed by atoms with Crippen molar-refractivity contribution in [1.82, 2.24) is 0 Å². The van der Waals surface area contributed by atoms with E-state index in [1.165, 1.54) is 5.56 Å². The van der Waals surface area contributed by atoms with E-state index in [4.69, 9.17) is 28.7 Å². The first-order valence-corrected chi connectivity index (χ1v) is 15.5. The smallest absolute Gasteiger partial charge is 1.00 e. The van der Waals surface area contributed by atoms with E-state index in [-0.39, 0.29) is 124 Å². The van der Waals surface area contributed by atoms with Crippen molar-refractivity contribution in [3.05, 3.63) is 133 Å². The van der Waals surface area contributed by atoms with Gasteiger partial charge in [0, 0.05) is 18.6 Å². The second-order valence-electron chi connectivity index (χ2n) is 9.50. The zero-order valence-electron chi connectivity index (χ0n) is 28.1. The van der Waals surface area contributed by atoms with Gasteiger partial charge in [-0.3, -0.25) is 8.98 Å². The predicted molar refractivity (Wildman–Crippen MR) is 171 cm³/mol. The first-order chi connectivity index (χ1) is 23.0. The molecule has 0 aliphatic heterocycles. The molecule has 16 heteroatoms. The molecule has 0 fully saturated rings. The number of carbonyl (C=O) groups is 1. The number of phenols is 1. The second-order valence-corrected chi connectivity index (χ2v) is 11.1. The summed E-state index contributed by atoms with van der Waals surface area (Å²) in [6.07, 6.45) is 4.32. The van der Waals surface area contributed by atoms with Crippen LogP contribution in [0.3, 0.4) is 0 Å². The molecule has 0 radical (unpaired) electrons. The van der Waals surface area contributed by atoms with Gasteiger partial charge < -0.3 is 30.2 Å². The SMILES string of the molecule is O=CO[O-].O=S(=O)(OCCc1ccccc1)C(F)(F)F.Oc1ccc2occc2c1.[H-].[HH].[K+].[K+].c1ccc(CCOc2ccc3occc3c2)cc1. The molecule has 0 aliphatic rings. The maximum atomic E-state index is 11.8. The minimum atomic E-state index is -5.47. The molecule has 6 rings (SSSR count). The van der Waals surface area contributed by atoms with Crippen LogP contribution in [0.15, 0.2) is 131 Å². The van der Waals surface area contributed by atoms with E-state index in [1.807, 2.05) is 48.5 Å². The first kappa shape index (κ1) is 46.0. The summed E-state index contributed by atoms with van der Waals surface area (Å²) in [6.45, 7) is -0.0147. The van der Waals surface area contributed by atoms with Crippen LogP contribution in [-0.4, -0.2) is 38.7 Å². The molecule has 0 bridgehead atoms. The molecule has 4 aromatic carbocycles. The second kappa shape index (κ2) is 24.2. The summed E-state index contributed by atoms with van der Waals surface area (Å²) >= 11 is 0. The number of benzene rings is 4. The van der Waals surface area contributed by atoms with Gasteiger partial charge in [-0.1, -0.05) is 60.7 Å². The van der Waals surface area contributed by atoms with Crippen molar-refractivity contribution in [1.29, 1.82) is 0 Å². The number of alkyl halides is 3. The Kier molecular flexibility index (Phi) is 22.3. The van der Waals surface area contributed by atoms with Gasteiger partial charge in [-0.25, -0.2) is 0 Å². The molecular weight excluding hydrogens is 736 g/mol. The number of phenolic OH excluding ortho intramolecular Hbond substituents is 1. The molecule has 1 N–H and O–H groups in total. The zero-order chi connectivity index (χ0) is 34.8. The molecule has 50 heavy (non-hydrogen) atoms. The Morgan fingerprint density at radius 2 is 1.24 bits per heavy atom. The molecule has 10 nitrogen and oxygen atoms in total. The van der Waals surface area contributed by atoms with Crippen molar-refractivity contribution in [3.63, 3.8) is 0 Å². The Balaban J connectivity index is 0. The van der Waals surface area contributed by atoms with Crippen molar-refractivity contribution in [2.24, 2.45) is 0 Å². The molecule has 0 unspecified atom stereocenters. The monoisotopic (exact) mass is 768 g/mol. The van der Waals surface area contributed by atoms with E-state index in [2.05, 4.69) is 21.2 Å². The summed E-state index contributed by atoms with van der Waals surface area (Å²) < 4.78 is 76.5. The average molecular weight is 769 g/mol. The predicted octanol–water partition coefficient (Wildman–Crippen LogP) is 1.09. The molecule has 0 saturated carbocycles.